The number of benzene rings is 2. The van der Waals surface area contributed by atoms with Gasteiger partial charge in [-0.3, -0.25) is 19.8 Å². The summed E-state index contributed by atoms with van der Waals surface area (Å²) in [7, 11) is 4.36. The van der Waals surface area contributed by atoms with Gasteiger partial charge in [-0.25, -0.2) is 9.79 Å². The molecule has 2 aromatic carbocycles. The number of nitro benzene ring substituents is 1. The molecular formula is C22H21N3O7S. The smallest absolute Gasteiger partial charge is 0.338 e. The summed E-state index contributed by atoms with van der Waals surface area (Å²) in [6, 6.07) is 9.14. The van der Waals surface area contributed by atoms with E-state index in [0.717, 1.165) is 11.8 Å². The summed E-state index contributed by atoms with van der Waals surface area (Å²) in [5.41, 5.74) is 0.896. The van der Waals surface area contributed by atoms with Crippen molar-refractivity contribution >= 4 is 46.3 Å². The Hall–Kier alpha value is -3.86. The Morgan fingerprint density at radius 1 is 1.18 bits per heavy atom. The Kier molecular flexibility index (Phi) is 7.34. The molecule has 11 heteroatoms. The molecule has 0 spiro atoms. The van der Waals surface area contributed by atoms with Crippen molar-refractivity contribution in [3.63, 3.8) is 0 Å². The highest BCUT2D eigenvalue weighted by atomic mass is 32.2. The fourth-order valence-electron chi connectivity index (χ4n) is 2.95. The van der Waals surface area contributed by atoms with Gasteiger partial charge in [-0.2, -0.15) is 0 Å². The SMILES string of the molecule is CCOC(=O)c1ccc(N=C2S/C(=C/c3cc(OC)c(OC)cc3[N+](=O)[O-])C(=O)N2C)cc1. The topological polar surface area (TPSA) is 121 Å². The number of nitrogens with zero attached hydrogens (tertiary/aromatic N) is 3. The molecular weight excluding hydrogens is 450 g/mol. The van der Waals surface area contributed by atoms with Gasteiger partial charge in [0.05, 0.1) is 53.5 Å². The number of hydrogen-bond donors (Lipinski definition) is 0. The first-order valence-corrected chi connectivity index (χ1v) is 10.5. The van der Waals surface area contributed by atoms with E-state index < -0.39 is 10.9 Å². The minimum Gasteiger partial charge on any atom is -0.493 e. The summed E-state index contributed by atoms with van der Waals surface area (Å²) in [6.45, 7) is 2.00. The summed E-state index contributed by atoms with van der Waals surface area (Å²) in [4.78, 5) is 41.6. The largest absolute Gasteiger partial charge is 0.493 e. The van der Waals surface area contributed by atoms with Crippen molar-refractivity contribution < 1.29 is 28.7 Å². The fourth-order valence-corrected chi connectivity index (χ4v) is 3.93. The minimum absolute atomic E-state index is 0.196. The first-order chi connectivity index (χ1) is 15.8. The molecule has 2 aromatic rings. The number of methoxy groups -OCH3 is 2. The summed E-state index contributed by atoms with van der Waals surface area (Å²) in [6.07, 6.45) is 1.43. The van der Waals surface area contributed by atoms with E-state index in [2.05, 4.69) is 4.99 Å². The fraction of sp³-hybridized carbons (Fsp3) is 0.227. The van der Waals surface area contributed by atoms with Crippen LogP contribution in [-0.2, 0) is 9.53 Å². The lowest BCUT2D eigenvalue weighted by atomic mass is 10.1. The molecule has 0 bridgehead atoms. The van der Waals surface area contributed by atoms with Crippen LogP contribution in [0.2, 0.25) is 0 Å². The molecule has 33 heavy (non-hydrogen) atoms. The van der Waals surface area contributed by atoms with Crippen LogP contribution < -0.4 is 9.47 Å². The second-order valence-electron chi connectivity index (χ2n) is 6.66. The second kappa shape index (κ2) is 10.2. The summed E-state index contributed by atoms with van der Waals surface area (Å²) in [5, 5.41) is 11.9. The van der Waals surface area contributed by atoms with Gasteiger partial charge in [-0.05, 0) is 55.1 Å². The molecule has 1 heterocycles. The molecule has 0 atom stereocenters. The highest BCUT2D eigenvalue weighted by Gasteiger charge is 2.31. The highest BCUT2D eigenvalue weighted by Crippen LogP contribution is 2.39. The van der Waals surface area contributed by atoms with E-state index in [1.165, 1.54) is 37.3 Å². The third-order valence-corrected chi connectivity index (χ3v) is 5.68. The van der Waals surface area contributed by atoms with Crippen LogP contribution in [0, 0.1) is 10.1 Å². The van der Waals surface area contributed by atoms with Gasteiger partial charge in [0.25, 0.3) is 11.6 Å². The van der Waals surface area contributed by atoms with E-state index in [9.17, 15) is 19.7 Å². The second-order valence-corrected chi connectivity index (χ2v) is 7.67. The van der Waals surface area contributed by atoms with Gasteiger partial charge < -0.3 is 14.2 Å². The molecule has 0 unspecified atom stereocenters. The maximum absolute atomic E-state index is 12.8. The molecule has 0 aliphatic carbocycles. The van der Waals surface area contributed by atoms with Crippen molar-refractivity contribution in [2.45, 2.75) is 6.92 Å². The Balaban J connectivity index is 1.93. The lowest BCUT2D eigenvalue weighted by molar-refractivity contribution is -0.385. The van der Waals surface area contributed by atoms with Gasteiger partial charge in [0, 0.05) is 7.05 Å². The van der Waals surface area contributed by atoms with Crippen molar-refractivity contribution in [1.82, 2.24) is 4.90 Å². The molecule has 0 aromatic heterocycles. The molecule has 1 amide bonds. The predicted octanol–water partition coefficient (Wildman–Crippen LogP) is 4.02. The standard InChI is InChI=1S/C22H21N3O7S/c1-5-32-21(27)13-6-8-15(9-7-13)23-22-24(2)20(26)19(33-22)11-14-10-17(30-3)18(31-4)12-16(14)25(28)29/h6-12H,5H2,1-4H3/b19-11+,23-22?. The van der Waals surface area contributed by atoms with Gasteiger partial charge in [-0.15, -0.1) is 0 Å². The summed E-state index contributed by atoms with van der Waals surface area (Å²) in [5.74, 6) is -0.274. The lowest BCUT2D eigenvalue weighted by Gasteiger charge is -2.09. The number of hydrogen-bond acceptors (Lipinski definition) is 9. The number of carbonyl (C=O) groups excluding carboxylic acids is 2. The molecule has 0 radical (unpaired) electrons. The van der Waals surface area contributed by atoms with Gasteiger partial charge in [0.15, 0.2) is 16.7 Å². The number of amides is 1. The van der Waals surface area contributed by atoms with Gasteiger partial charge in [0.2, 0.25) is 0 Å². The van der Waals surface area contributed by atoms with Crippen LogP contribution in [0.4, 0.5) is 11.4 Å². The highest BCUT2D eigenvalue weighted by molar-refractivity contribution is 8.18. The number of aliphatic imine (C=N–C) groups is 1. The number of likely N-dealkylation sites (N-methyl/N-ethyl adjacent to an activating group) is 1. The quantitative estimate of drug-likeness (QED) is 0.257. The number of nitro groups is 1. The van der Waals surface area contributed by atoms with Crippen LogP contribution in [-0.4, -0.2) is 54.7 Å². The maximum Gasteiger partial charge on any atom is 0.338 e. The summed E-state index contributed by atoms with van der Waals surface area (Å²) >= 11 is 1.08. The first kappa shape index (κ1) is 23.8. The van der Waals surface area contributed by atoms with Crippen LogP contribution in [0.5, 0.6) is 11.5 Å². The van der Waals surface area contributed by atoms with E-state index in [1.54, 1.807) is 38.2 Å². The molecule has 3 rings (SSSR count). The van der Waals surface area contributed by atoms with E-state index >= 15 is 0 Å². The van der Waals surface area contributed by atoms with Gasteiger partial charge >= 0.3 is 5.97 Å². The molecule has 1 aliphatic rings. The first-order valence-electron chi connectivity index (χ1n) is 9.72. The zero-order valence-electron chi connectivity index (χ0n) is 18.4. The van der Waals surface area contributed by atoms with Crippen molar-refractivity contribution in [3.05, 3.63) is 62.5 Å². The number of amidine groups is 1. The van der Waals surface area contributed by atoms with E-state index in [1.807, 2.05) is 0 Å². The summed E-state index contributed by atoms with van der Waals surface area (Å²) < 4.78 is 15.3. The van der Waals surface area contributed by atoms with Crippen LogP contribution >= 0.6 is 11.8 Å². The Labute approximate surface area is 194 Å². The maximum atomic E-state index is 12.8. The predicted molar refractivity (Wildman–Crippen MR) is 124 cm³/mol. The molecule has 1 aliphatic heterocycles. The number of rotatable bonds is 7. The van der Waals surface area contributed by atoms with Crippen molar-refractivity contribution in [2.75, 3.05) is 27.9 Å². The number of ether oxygens (including phenoxy) is 3. The average molecular weight is 471 g/mol. The molecule has 1 fully saturated rings. The zero-order chi connectivity index (χ0) is 24.1. The molecule has 0 saturated carbocycles. The molecule has 10 nitrogen and oxygen atoms in total. The molecule has 1 saturated heterocycles. The Bertz CT molecular complexity index is 1160. The van der Waals surface area contributed by atoms with Crippen LogP contribution in [0.25, 0.3) is 6.08 Å². The van der Waals surface area contributed by atoms with Gasteiger partial charge in [-0.1, -0.05) is 0 Å². The van der Waals surface area contributed by atoms with Gasteiger partial charge in [0.1, 0.15) is 0 Å². The molecule has 172 valence electrons. The number of carbonyl (C=O) groups is 2. The Morgan fingerprint density at radius 3 is 2.39 bits per heavy atom. The number of esters is 1. The van der Waals surface area contributed by atoms with Crippen LogP contribution in [0.1, 0.15) is 22.8 Å². The normalized spacial score (nSPS) is 15.8. The number of thioether (sulfide) groups is 1. The zero-order valence-corrected chi connectivity index (χ0v) is 19.2. The van der Waals surface area contributed by atoms with Crippen molar-refractivity contribution in [3.8, 4) is 11.5 Å². The van der Waals surface area contributed by atoms with Crippen molar-refractivity contribution in [2.24, 2.45) is 4.99 Å². The molecule has 0 N–H and O–H groups in total. The van der Waals surface area contributed by atoms with Crippen molar-refractivity contribution in [1.29, 1.82) is 0 Å². The van der Waals surface area contributed by atoms with E-state index in [4.69, 9.17) is 14.2 Å². The van der Waals surface area contributed by atoms with Crippen LogP contribution in [0.15, 0.2) is 46.3 Å². The minimum atomic E-state index is -0.553. The Morgan fingerprint density at radius 2 is 1.82 bits per heavy atom. The average Bonchev–Trinajstić information content (AvgIpc) is 3.06. The third kappa shape index (κ3) is 5.14. The lowest BCUT2D eigenvalue weighted by Crippen LogP contribution is -2.23. The third-order valence-electron chi connectivity index (χ3n) is 4.62. The van der Waals surface area contributed by atoms with E-state index in [0.29, 0.717) is 22.2 Å². The van der Waals surface area contributed by atoms with E-state index in [-0.39, 0.29) is 34.4 Å². The monoisotopic (exact) mass is 471 g/mol. The van der Waals surface area contributed by atoms with Crippen LogP contribution in [0.3, 0.4) is 0 Å².